The Morgan fingerprint density at radius 3 is 2.05 bits per heavy atom. The van der Waals surface area contributed by atoms with Crippen LogP contribution in [0.1, 0.15) is 19.3 Å². The van der Waals surface area contributed by atoms with Gasteiger partial charge in [-0.2, -0.15) is 17.6 Å². The SMILES string of the molecule is Cl.NCCCCC(N)C(=O)N1CC(F)(F)C(F)(F)C1. The summed E-state index contributed by atoms with van der Waals surface area (Å²) in [5, 5.41) is 0. The van der Waals surface area contributed by atoms with Crippen LogP contribution in [0.2, 0.25) is 0 Å². The van der Waals surface area contributed by atoms with Gasteiger partial charge in [-0.15, -0.1) is 12.4 Å². The summed E-state index contributed by atoms with van der Waals surface area (Å²) in [4.78, 5) is 12.1. The van der Waals surface area contributed by atoms with Crippen LogP contribution in [0.3, 0.4) is 0 Å². The highest BCUT2D eigenvalue weighted by molar-refractivity contribution is 5.85. The van der Waals surface area contributed by atoms with Gasteiger partial charge in [0, 0.05) is 0 Å². The van der Waals surface area contributed by atoms with Gasteiger partial charge in [-0.1, -0.05) is 6.42 Å². The Balaban J connectivity index is 0.00000324. The first-order chi connectivity index (χ1) is 8.21. The molecule has 0 aromatic carbocycles. The number of alkyl halides is 4. The van der Waals surface area contributed by atoms with Crippen LogP contribution in [0, 0.1) is 0 Å². The zero-order chi connectivity index (χ0) is 14.0. The van der Waals surface area contributed by atoms with E-state index in [4.69, 9.17) is 11.5 Å². The lowest BCUT2D eigenvalue weighted by Crippen LogP contribution is -2.43. The number of nitrogens with zero attached hydrogens (tertiary/aromatic N) is 1. The molecule has 0 aliphatic carbocycles. The van der Waals surface area contributed by atoms with Gasteiger partial charge in [0.2, 0.25) is 5.91 Å². The number of likely N-dealkylation sites (tertiary alicyclic amines) is 1. The van der Waals surface area contributed by atoms with Crippen LogP contribution < -0.4 is 11.5 Å². The normalized spacial score (nSPS) is 21.9. The second-order valence-corrected chi connectivity index (χ2v) is 4.49. The highest BCUT2D eigenvalue weighted by atomic mass is 35.5. The van der Waals surface area contributed by atoms with Crippen LogP contribution in [-0.2, 0) is 4.79 Å². The number of unbranched alkanes of at least 4 members (excludes halogenated alkanes) is 1. The monoisotopic (exact) mass is 307 g/mol. The molecule has 1 aliphatic heterocycles. The highest BCUT2D eigenvalue weighted by Gasteiger charge is 2.64. The summed E-state index contributed by atoms with van der Waals surface area (Å²) in [6.45, 7) is -2.12. The number of carbonyl (C=O) groups is 1. The van der Waals surface area contributed by atoms with Crippen molar-refractivity contribution in [1.82, 2.24) is 4.90 Å². The maximum absolute atomic E-state index is 12.9. The lowest BCUT2D eigenvalue weighted by atomic mass is 10.1. The highest BCUT2D eigenvalue weighted by Crippen LogP contribution is 2.41. The molecular formula is C10H18ClF4N3O. The number of hydrogen-bond donors (Lipinski definition) is 2. The molecule has 1 atom stereocenters. The Hall–Kier alpha value is -0.600. The molecule has 0 bridgehead atoms. The first-order valence-electron chi connectivity index (χ1n) is 5.71. The zero-order valence-electron chi connectivity index (χ0n) is 10.3. The molecule has 1 unspecified atom stereocenters. The Bertz CT molecular complexity index is 301. The van der Waals surface area contributed by atoms with Gasteiger partial charge in [0.25, 0.3) is 0 Å². The molecule has 19 heavy (non-hydrogen) atoms. The van der Waals surface area contributed by atoms with E-state index in [0.717, 1.165) is 0 Å². The van der Waals surface area contributed by atoms with Crippen molar-refractivity contribution in [3.05, 3.63) is 0 Å². The van der Waals surface area contributed by atoms with Gasteiger partial charge >= 0.3 is 11.8 Å². The predicted octanol–water partition coefficient (Wildman–Crippen LogP) is 0.977. The molecule has 1 rings (SSSR count). The van der Waals surface area contributed by atoms with E-state index in [1.807, 2.05) is 0 Å². The first-order valence-corrected chi connectivity index (χ1v) is 5.71. The number of halogens is 5. The summed E-state index contributed by atoms with van der Waals surface area (Å²) in [6, 6.07) is -1.03. The second kappa shape index (κ2) is 6.71. The molecule has 0 aromatic heterocycles. The lowest BCUT2D eigenvalue weighted by molar-refractivity contribution is -0.172. The van der Waals surface area contributed by atoms with Gasteiger partial charge in [-0.05, 0) is 19.4 Å². The van der Waals surface area contributed by atoms with Gasteiger partial charge in [0.1, 0.15) is 0 Å². The summed E-state index contributed by atoms with van der Waals surface area (Å²) in [5.41, 5.74) is 10.7. The van der Waals surface area contributed by atoms with E-state index in [1.54, 1.807) is 0 Å². The molecule has 0 saturated carbocycles. The largest absolute Gasteiger partial charge is 0.330 e. The van der Waals surface area contributed by atoms with E-state index < -0.39 is 36.9 Å². The maximum Gasteiger partial charge on any atom is 0.329 e. The molecule has 4 nitrogen and oxygen atoms in total. The summed E-state index contributed by atoms with van der Waals surface area (Å²) in [6.07, 6.45) is 1.46. The summed E-state index contributed by atoms with van der Waals surface area (Å²) >= 11 is 0. The Morgan fingerprint density at radius 2 is 1.63 bits per heavy atom. The molecule has 1 fully saturated rings. The van der Waals surface area contributed by atoms with Gasteiger partial charge in [0.15, 0.2) is 0 Å². The minimum absolute atomic E-state index is 0. The molecule has 1 amide bonds. The average Bonchev–Trinajstić information content (AvgIpc) is 2.47. The van der Waals surface area contributed by atoms with Crippen LogP contribution in [0.4, 0.5) is 17.6 Å². The van der Waals surface area contributed by atoms with Crippen molar-refractivity contribution in [3.8, 4) is 0 Å². The average molecular weight is 308 g/mol. The van der Waals surface area contributed by atoms with E-state index >= 15 is 0 Å². The maximum atomic E-state index is 12.9. The second-order valence-electron chi connectivity index (χ2n) is 4.49. The topological polar surface area (TPSA) is 72.3 Å². The van der Waals surface area contributed by atoms with Crippen LogP contribution >= 0.6 is 12.4 Å². The third kappa shape index (κ3) is 4.19. The van der Waals surface area contributed by atoms with E-state index in [9.17, 15) is 22.4 Å². The number of amides is 1. The molecule has 1 aliphatic rings. The van der Waals surface area contributed by atoms with Crippen molar-refractivity contribution in [2.45, 2.75) is 37.1 Å². The van der Waals surface area contributed by atoms with Crippen molar-refractivity contribution < 1.29 is 22.4 Å². The Kier molecular flexibility index (Phi) is 6.50. The van der Waals surface area contributed by atoms with Crippen LogP contribution in [0.25, 0.3) is 0 Å². The fraction of sp³-hybridized carbons (Fsp3) is 0.900. The molecule has 1 saturated heterocycles. The molecule has 0 aromatic rings. The van der Waals surface area contributed by atoms with E-state index in [1.165, 1.54) is 0 Å². The van der Waals surface area contributed by atoms with Crippen molar-refractivity contribution >= 4 is 18.3 Å². The Morgan fingerprint density at radius 1 is 1.16 bits per heavy atom. The quantitative estimate of drug-likeness (QED) is 0.587. The number of hydrogen-bond acceptors (Lipinski definition) is 3. The van der Waals surface area contributed by atoms with Crippen molar-refractivity contribution in [2.75, 3.05) is 19.6 Å². The standard InChI is InChI=1S/C10H17F4N3O.ClH/c11-9(12)5-17(6-10(9,13)14)8(18)7(16)3-1-2-4-15;/h7H,1-6,15-16H2;1H. The summed E-state index contributed by atoms with van der Waals surface area (Å²) < 4.78 is 51.6. The summed E-state index contributed by atoms with van der Waals surface area (Å²) in [7, 11) is 0. The lowest BCUT2D eigenvalue weighted by Gasteiger charge is -2.19. The van der Waals surface area contributed by atoms with Crippen molar-refractivity contribution in [1.29, 1.82) is 0 Å². The van der Waals surface area contributed by atoms with Gasteiger partial charge in [-0.25, -0.2) is 0 Å². The summed E-state index contributed by atoms with van der Waals surface area (Å²) in [5.74, 6) is -9.22. The number of nitrogens with two attached hydrogens (primary N) is 2. The van der Waals surface area contributed by atoms with Gasteiger partial charge < -0.3 is 16.4 Å². The van der Waals surface area contributed by atoms with Crippen LogP contribution in [0.5, 0.6) is 0 Å². The third-order valence-electron chi connectivity index (χ3n) is 2.91. The molecule has 4 N–H and O–H groups in total. The van der Waals surface area contributed by atoms with E-state index in [0.29, 0.717) is 24.3 Å². The smallest absolute Gasteiger partial charge is 0.329 e. The minimum atomic E-state index is -4.18. The van der Waals surface area contributed by atoms with E-state index in [2.05, 4.69) is 0 Å². The molecular weight excluding hydrogens is 290 g/mol. The van der Waals surface area contributed by atoms with Gasteiger partial charge in [0.05, 0.1) is 19.1 Å². The molecule has 1 heterocycles. The van der Waals surface area contributed by atoms with Crippen LogP contribution in [0.15, 0.2) is 0 Å². The Labute approximate surface area is 114 Å². The minimum Gasteiger partial charge on any atom is -0.330 e. The van der Waals surface area contributed by atoms with Gasteiger partial charge in [-0.3, -0.25) is 4.79 Å². The van der Waals surface area contributed by atoms with E-state index in [-0.39, 0.29) is 18.8 Å². The van der Waals surface area contributed by atoms with Crippen molar-refractivity contribution in [3.63, 3.8) is 0 Å². The first kappa shape index (κ1) is 18.4. The molecule has 9 heteroatoms. The molecule has 0 radical (unpaired) electrons. The van der Waals surface area contributed by atoms with Crippen LogP contribution in [-0.4, -0.2) is 48.3 Å². The number of rotatable bonds is 5. The number of carbonyl (C=O) groups excluding carboxylic acids is 1. The molecule has 0 spiro atoms. The molecule has 114 valence electrons. The third-order valence-corrected chi connectivity index (χ3v) is 2.91. The zero-order valence-corrected chi connectivity index (χ0v) is 11.1. The van der Waals surface area contributed by atoms with Crippen molar-refractivity contribution in [2.24, 2.45) is 11.5 Å². The predicted molar refractivity (Wildman–Crippen MR) is 64.6 cm³/mol. The fourth-order valence-electron chi connectivity index (χ4n) is 1.79. The fourth-order valence-corrected chi connectivity index (χ4v) is 1.79.